The molecule has 3 nitrogen and oxygen atoms in total. The number of unbranched alkanes of at least 4 members (excludes halogenated alkanes) is 2. The van der Waals surface area contributed by atoms with Crippen LogP contribution in [0.2, 0.25) is 0 Å². The highest BCUT2D eigenvalue weighted by atomic mass is 16.5. The number of ether oxygens (including phenoxy) is 1. The summed E-state index contributed by atoms with van der Waals surface area (Å²) in [4.78, 5) is 2.10. The first kappa shape index (κ1) is 19.3. The Bertz CT molecular complexity index is 254. The van der Waals surface area contributed by atoms with Crippen molar-refractivity contribution in [2.45, 2.75) is 73.6 Å². The molecule has 20 heavy (non-hydrogen) atoms. The molecule has 3 heteroatoms. The van der Waals surface area contributed by atoms with Gasteiger partial charge in [0.2, 0.25) is 0 Å². The van der Waals surface area contributed by atoms with Crippen molar-refractivity contribution in [2.75, 3.05) is 19.7 Å². The lowest BCUT2D eigenvalue weighted by atomic mass is 9.85. The van der Waals surface area contributed by atoms with Gasteiger partial charge < -0.3 is 9.64 Å². The van der Waals surface area contributed by atoms with Crippen molar-refractivity contribution >= 4 is 6.02 Å². The minimum atomic E-state index is 0.141. The number of amidine groups is 1. The van der Waals surface area contributed by atoms with Gasteiger partial charge in [0.15, 0.2) is 0 Å². The van der Waals surface area contributed by atoms with Crippen molar-refractivity contribution in [1.29, 1.82) is 5.41 Å². The molecule has 0 saturated heterocycles. The SMILES string of the molecule is CCCCN(CCCC)C(=N)OCC(C)(C)CC(C)C. The molecule has 0 saturated carbocycles. The molecule has 0 bridgehead atoms. The molecule has 0 amide bonds. The first-order valence-electron chi connectivity index (χ1n) is 8.28. The van der Waals surface area contributed by atoms with Crippen LogP contribution < -0.4 is 0 Å². The second-order valence-corrected chi connectivity index (χ2v) is 7.05. The van der Waals surface area contributed by atoms with Gasteiger partial charge in [-0.1, -0.05) is 54.4 Å². The zero-order valence-corrected chi connectivity index (χ0v) is 14.6. The van der Waals surface area contributed by atoms with Gasteiger partial charge in [-0.3, -0.25) is 5.41 Å². The lowest BCUT2D eigenvalue weighted by Gasteiger charge is -2.30. The maximum atomic E-state index is 8.17. The molecule has 0 aliphatic rings. The third-order valence-corrected chi connectivity index (χ3v) is 3.41. The molecule has 120 valence electrons. The van der Waals surface area contributed by atoms with Crippen LogP contribution in [-0.4, -0.2) is 30.6 Å². The molecular weight excluding hydrogens is 248 g/mol. The summed E-state index contributed by atoms with van der Waals surface area (Å²) in [7, 11) is 0. The lowest BCUT2D eigenvalue weighted by molar-refractivity contribution is 0.119. The first-order chi connectivity index (χ1) is 9.32. The number of hydrogen-bond acceptors (Lipinski definition) is 2. The van der Waals surface area contributed by atoms with E-state index in [2.05, 4.69) is 46.4 Å². The van der Waals surface area contributed by atoms with Crippen molar-refractivity contribution in [2.24, 2.45) is 11.3 Å². The van der Waals surface area contributed by atoms with Crippen LogP contribution in [0.1, 0.15) is 73.6 Å². The minimum Gasteiger partial charge on any atom is -0.465 e. The Morgan fingerprint density at radius 3 is 2.00 bits per heavy atom. The second kappa shape index (κ2) is 10.1. The summed E-state index contributed by atoms with van der Waals surface area (Å²) in [5.41, 5.74) is 0.141. The average molecular weight is 284 g/mol. The predicted octanol–water partition coefficient (Wildman–Crippen LogP) is 4.91. The molecular formula is C17H36N2O. The van der Waals surface area contributed by atoms with Gasteiger partial charge in [0.25, 0.3) is 6.02 Å². The maximum absolute atomic E-state index is 8.17. The normalized spacial score (nSPS) is 11.8. The van der Waals surface area contributed by atoms with E-state index in [1.54, 1.807) is 0 Å². The third-order valence-electron chi connectivity index (χ3n) is 3.41. The van der Waals surface area contributed by atoms with Gasteiger partial charge in [-0.2, -0.15) is 0 Å². The Balaban J connectivity index is 4.29. The topological polar surface area (TPSA) is 36.3 Å². The van der Waals surface area contributed by atoms with Crippen LogP contribution in [0.15, 0.2) is 0 Å². The van der Waals surface area contributed by atoms with Crippen molar-refractivity contribution < 1.29 is 4.74 Å². The summed E-state index contributed by atoms with van der Waals surface area (Å²) in [5, 5.41) is 8.17. The number of hydrogen-bond donors (Lipinski definition) is 1. The highest BCUT2D eigenvalue weighted by Crippen LogP contribution is 2.25. The summed E-state index contributed by atoms with van der Waals surface area (Å²) in [6, 6.07) is 0.365. The van der Waals surface area contributed by atoms with E-state index in [4.69, 9.17) is 10.1 Å². The fraction of sp³-hybridized carbons (Fsp3) is 0.941. The van der Waals surface area contributed by atoms with Gasteiger partial charge >= 0.3 is 0 Å². The van der Waals surface area contributed by atoms with Gasteiger partial charge in [0.1, 0.15) is 0 Å². The Kier molecular flexibility index (Phi) is 9.70. The Morgan fingerprint density at radius 1 is 1.10 bits per heavy atom. The van der Waals surface area contributed by atoms with Crippen LogP contribution in [0.4, 0.5) is 0 Å². The van der Waals surface area contributed by atoms with Crippen LogP contribution in [0, 0.1) is 16.7 Å². The van der Waals surface area contributed by atoms with Crippen LogP contribution in [0.3, 0.4) is 0 Å². The van der Waals surface area contributed by atoms with E-state index in [0.717, 1.165) is 45.2 Å². The smallest absolute Gasteiger partial charge is 0.284 e. The van der Waals surface area contributed by atoms with E-state index < -0.39 is 0 Å². The average Bonchev–Trinajstić information content (AvgIpc) is 2.35. The molecule has 0 aliphatic carbocycles. The molecule has 0 fully saturated rings. The summed E-state index contributed by atoms with van der Waals surface area (Å²) < 4.78 is 5.77. The summed E-state index contributed by atoms with van der Waals surface area (Å²) >= 11 is 0. The molecule has 0 aromatic rings. The zero-order valence-electron chi connectivity index (χ0n) is 14.6. The molecule has 0 radical (unpaired) electrons. The quantitative estimate of drug-likeness (QED) is 0.457. The van der Waals surface area contributed by atoms with E-state index in [-0.39, 0.29) is 5.41 Å². The van der Waals surface area contributed by atoms with Gasteiger partial charge in [-0.05, 0) is 30.6 Å². The van der Waals surface area contributed by atoms with Crippen LogP contribution in [-0.2, 0) is 4.74 Å². The molecule has 0 rings (SSSR count). The maximum Gasteiger partial charge on any atom is 0.284 e. The van der Waals surface area contributed by atoms with E-state index in [0.29, 0.717) is 18.5 Å². The molecule has 0 aliphatic heterocycles. The largest absolute Gasteiger partial charge is 0.465 e. The number of nitrogens with one attached hydrogen (secondary N) is 1. The van der Waals surface area contributed by atoms with Crippen LogP contribution in [0.25, 0.3) is 0 Å². The molecule has 0 spiro atoms. The van der Waals surface area contributed by atoms with Gasteiger partial charge in [-0.25, -0.2) is 0 Å². The molecule has 0 aromatic heterocycles. The summed E-state index contributed by atoms with van der Waals surface area (Å²) in [6.45, 7) is 15.8. The fourth-order valence-corrected chi connectivity index (χ4v) is 2.53. The van der Waals surface area contributed by atoms with Crippen molar-refractivity contribution in [1.82, 2.24) is 4.90 Å². The molecule has 0 heterocycles. The van der Waals surface area contributed by atoms with E-state index in [9.17, 15) is 0 Å². The summed E-state index contributed by atoms with van der Waals surface area (Å²) in [6.07, 6.45) is 5.71. The first-order valence-corrected chi connectivity index (χ1v) is 8.28. The monoisotopic (exact) mass is 284 g/mol. The van der Waals surface area contributed by atoms with E-state index in [1.165, 1.54) is 0 Å². The lowest BCUT2D eigenvalue weighted by Crippen LogP contribution is -2.36. The van der Waals surface area contributed by atoms with Gasteiger partial charge in [0.05, 0.1) is 6.61 Å². The van der Waals surface area contributed by atoms with Crippen molar-refractivity contribution in [3.05, 3.63) is 0 Å². The number of rotatable bonds is 10. The van der Waals surface area contributed by atoms with E-state index >= 15 is 0 Å². The highest BCUT2D eigenvalue weighted by molar-refractivity contribution is 5.70. The molecule has 0 unspecified atom stereocenters. The summed E-state index contributed by atoms with van der Waals surface area (Å²) in [5.74, 6) is 0.666. The Hall–Kier alpha value is -0.730. The Labute approximate surface area is 126 Å². The Morgan fingerprint density at radius 2 is 1.60 bits per heavy atom. The van der Waals surface area contributed by atoms with Gasteiger partial charge in [0, 0.05) is 13.1 Å². The van der Waals surface area contributed by atoms with E-state index in [1.807, 2.05) is 0 Å². The molecule has 1 N–H and O–H groups in total. The minimum absolute atomic E-state index is 0.141. The number of nitrogens with zero attached hydrogens (tertiary/aromatic N) is 1. The highest BCUT2D eigenvalue weighted by Gasteiger charge is 2.22. The van der Waals surface area contributed by atoms with Gasteiger partial charge in [-0.15, -0.1) is 0 Å². The third kappa shape index (κ3) is 9.22. The van der Waals surface area contributed by atoms with Crippen LogP contribution >= 0.6 is 0 Å². The molecule has 0 aromatic carbocycles. The van der Waals surface area contributed by atoms with Crippen molar-refractivity contribution in [3.63, 3.8) is 0 Å². The standard InChI is InChI=1S/C17H36N2O/c1-7-9-11-19(12-10-8-2)16(18)20-14-17(5,6)13-15(3)4/h15,18H,7-14H2,1-6H3. The zero-order chi connectivity index (χ0) is 15.6. The molecule has 0 atom stereocenters. The van der Waals surface area contributed by atoms with Crippen LogP contribution in [0.5, 0.6) is 0 Å². The predicted molar refractivity (Wildman–Crippen MR) is 88.3 cm³/mol. The fourth-order valence-electron chi connectivity index (χ4n) is 2.53. The van der Waals surface area contributed by atoms with Crippen molar-refractivity contribution in [3.8, 4) is 0 Å². The second-order valence-electron chi connectivity index (χ2n) is 7.05.